The highest BCUT2D eigenvalue weighted by atomic mass is 16.6. The molecule has 8 aromatic rings. The number of hydrogen-bond acceptors (Lipinski definition) is 3. The van der Waals surface area contributed by atoms with Gasteiger partial charge in [-0.05, 0) is 86.5 Å². The van der Waals surface area contributed by atoms with Gasteiger partial charge in [-0.1, -0.05) is 146 Å². The van der Waals surface area contributed by atoms with Crippen LogP contribution in [0.5, 0.6) is 23.0 Å². The molecule has 0 bridgehead atoms. The molecule has 0 N–H and O–H groups in total. The van der Waals surface area contributed by atoms with Crippen LogP contribution in [-0.4, -0.2) is 4.98 Å². The summed E-state index contributed by atoms with van der Waals surface area (Å²) in [5.41, 5.74) is 12.9. The topological polar surface area (TPSA) is 31.4 Å². The van der Waals surface area contributed by atoms with Crippen molar-refractivity contribution in [1.82, 2.24) is 4.98 Å². The number of ether oxygens (including phenoxy) is 2. The SMILES string of the molecule is c1ccc(-c2ccnc(-c3cccc(-c4cccc5c4Oc4cc6c(cc4O5)-c4ccccc4C6(c4ccccc4)c4ccccc4)c3)c2)cc1. The van der Waals surface area contributed by atoms with E-state index in [1.807, 2.05) is 24.4 Å². The number of fused-ring (bicyclic) bond motifs is 5. The Morgan fingerprint density at radius 1 is 0.373 bits per heavy atom. The van der Waals surface area contributed by atoms with Gasteiger partial charge in [0, 0.05) is 17.3 Å². The molecule has 10 rings (SSSR count). The Morgan fingerprint density at radius 3 is 1.78 bits per heavy atom. The summed E-state index contributed by atoms with van der Waals surface area (Å²) in [6.45, 7) is 0. The lowest BCUT2D eigenvalue weighted by atomic mass is 9.67. The molecule has 1 aliphatic heterocycles. The highest BCUT2D eigenvalue weighted by Crippen LogP contribution is 2.60. The van der Waals surface area contributed by atoms with Crippen LogP contribution in [0.1, 0.15) is 22.3 Å². The van der Waals surface area contributed by atoms with Gasteiger partial charge >= 0.3 is 0 Å². The minimum Gasteiger partial charge on any atom is -0.449 e. The van der Waals surface area contributed by atoms with Crippen LogP contribution in [0.4, 0.5) is 0 Å². The molecule has 2 aliphatic rings. The monoisotopic (exact) mass is 653 g/mol. The van der Waals surface area contributed by atoms with Gasteiger partial charge in [-0.3, -0.25) is 4.98 Å². The number of pyridine rings is 1. The van der Waals surface area contributed by atoms with Crippen molar-refractivity contribution >= 4 is 0 Å². The summed E-state index contributed by atoms with van der Waals surface area (Å²) in [7, 11) is 0. The van der Waals surface area contributed by atoms with Crippen molar-refractivity contribution in [2.45, 2.75) is 5.41 Å². The molecule has 0 amide bonds. The predicted octanol–water partition coefficient (Wildman–Crippen LogP) is 12.3. The van der Waals surface area contributed by atoms with Crippen LogP contribution < -0.4 is 9.47 Å². The van der Waals surface area contributed by atoms with E-state index in [1.165, 1.54) is 27.8 Å². The van der Waals surface area contributed by atoms with Crippen molar-refractivity contribution in [2.75, 3.05) is 0 Å². The fourth-order valence-electron chi connectivity index (χ4n) is 8.01. The first-order valence-corrected chi connectivity index (χ1v) is 17.3. The van der Waals surface area contributed by atoms with Crippen LogP contribution in [0.2, 0.25) is 0 Å². The first kappa shape index (κ1) is 29.2. The predicted molar refractivity (Wildman–Crippen MR) is 204 cm³/mol. The highest BCUT2D eigenvalue weighted by molar-refractivity contribution is 5.89. The Bertz CT molecular complexity index is 2540. The van der Waals surface area contributed by atoms with Crippen molar-refractivity contribution in [2.24, 2.45) is 0 Å². The smallest absolute Gasteiger partial charge is 0.177 e. The second kappa shape index (κ2) is 11.7. The van der Waals surface area contributed by atoms with E-state index in [0.717, 1.165) is 39.1 Å². The Balaban J connectivity index is 1.10. The number of hydrogen-bond donors (Lipinski definition) is 0. The maximum absolute atomic E-state index is 6.93. The van der Waals surface area contributed by atoms with Gasteiger partial charge in [0.2, 0.25) is 0 Å². The molecule has 2 heterocycles. The first-order chi connectivity index (χ1) is 25.3. The summed E-state index contributed by atoms with van der Waals surface area (Å²) >= 11 is 0. The van der Waals surface area contributed by atoms with E-state index < -0.39 is 5.41 Å². The molecule has 1 aliphatic carbocycles. The molecule has 51 heavy (non-hydrogen) atoms. The summed E-state index contributed by atoms with van der Waals surface area (Å²) in [5.74, 6) is 2.80. The van der Waals surface area contributed by atoms with Gasteiger partial charge in [-0.25, -0.2) is 0 Å². The molecule has 240 valence electrons. The number of benzene rings is 7. The standard InChI is InChI=1S/C48H31NO2/c1-4-14-32(15-5-1)33-26-27-49-43(29-33)35-17-12-16-34(28-35)38-23-13-25-44-47(38)51-46-31-42-40(30-45(46)50-44)39-22-10-11-24-41(39)48(42,36-18-6-2-7-19-36)37-20-8-3-9-21-37/h1-31H. The van der Waals surface area contributed by atoms with Crippen LogP contribution in [0, 0.1) is 0 Å². The normalized spacial score (nSPS) is 13.2. The van der Waals surface area contributed by atoms with E-state index >= 15 is 0 Å². The second-order valence-electron chi connectivity index (χ2n) is 13.1. The molecule has 7 aromatic carbocycles. The quantitative estimate of drug-likeness (QED) is 0.185. The van der Waals surface area contributed by atoms with Gasteiger partial charge in [0.1, 0.15) is 0 Å². The van der Waals surface area contributed by atoms with Gasteiger partial charge < -0.3 is 9.47 Å². The lowest BCUT2D eigenvalue weighted by Crippen LogP contribution is -2.28. The maximum Gasteiger partial charge on any atom is 0.177 e. The van der Waals surface area contributed by atoms with Crippen molar-refractivity contribution in [3.63, 3.8) is 0 Å². The zero-order valence-corrected chi connectivity index (χ0v) is 27.7. The molecule has 0 radical (unpaired) electrons. The summed E-state index contributed by atoms with van der Waals surface area (Å²) in [6, 6.07) is 63.9. The van der Waals surface area contributed by atoms with Crippen LogP contribution >= 0.6 is 0 Å². The average molecular weight is 654 g/mol. The molecular weight excluding hydrogens is 623 g/mol. The Hall–Kier alpha value is -6.71. The van der Waals surface area contributed by atoms with Crippen molar-refractivity contribution in [1.29, 1.82) is 0 Å². The van der Waals surface area contributed by atoms with Crippen LogP contribution in [-0.2, 0) is 5.41 Å². The molecule has 0 unspecified atom stereocenters. The molecular formula is C48H31NO2. The Labute approximate surface area is 297 Å². The Kier molecular flexibility index (Phi) is 6.71. The lowest BCUT2D eigenvalue weighted by molar-refractivity contribution is 0.360. The van der Waals surface area contributed by atoms with Gasteiger partial charge in [0.05, 0.1) is 11.1 Å². The van der Waals surface area contributed by atoms with Crippen molar-refractivity contribution in [3.05, 3.63) is 210 Å². The molecule has 0 saturated carbocycles. The third-order valence-corrected chi connectivity index (χ3v) is 10.3. The zero-order chi connectivity index (χ0) is 33.8. The maximum atomic E-state index is 6.93. The van der Waals surface area contributed by atoms with Crippen LogP contribution in [0.15, 0.2) is 188 Å². The molecule has 0 fully saturated rings. The van der Waals surface area contributed by atoms with Crippen molar-refractivity contribution < 1.29 is 9.47 Å². The molecule has 0 spiro atoms. The lowest BCUT2D eigenvalue weighted by Gasteiger charge is -2.34. The van der Waals surface area contributed by atoms with Gasteiger partial charge in [0.15, 0.2) is 23.0 Å². The van der Waals surface area contributed by atoms with E-state index in [4.69, 9.17) is 14.5 Å². The number of rotatable bonds is 5. The summed E-state index contributed by atoms with van der Waals surface area (Å²) in [4.78, 5) is 4.75. The average Bonchev–Trinajstić information content (AvgIpc) is 3.50. The number of nitrogens with zero attached hydrogens (tertiary/aromatic N) is 1. The molecule has 3 heteroatoms. The minimum absolute atomic E-state index is 0.526. The molecule has 0 saturated heterocycles. The minimum atomic E-state index is -0.526. The molecule has 1 aromatic heterocycles. The van der Waals surface area contributed by atoms with E-state index in [2.05, 4.69) is 164 Å². The zero-order valence-electron chi connectivity index (χ0n) is 27.7. The van der Waals surface area contributed by atoms with Gasteiger partial charge in [-0.2, -0.15) is 0 Å². The van der Waals surface area contributed by atoms with Crippen LogP contribution in [0.25, 0.3) is 44.6 Å². The van der Waals surface area contributed by atoms with E-state index in [9.17, 15) is 0 Å². The van der Waals surface area contributed by atoms with Gasteiger partial charge in [0.25, 0.3) is 0 Å². The third kappa shape index (κ3) is 4.63. The fourth-order valence-corrected chi connectivity index (χ4v) is 8.01. The van der Waals surface area contributed by atoms with E-state index in [0.29, 0.717) is 23.0 Å². The van der Waals surface area contributed by atoms with Crippen molar-refractivity contribution in [3.8, 4) is 67.6 Å². The van der Waals surface area contributed by atoms with E-state index in [1.54, 1.807) is 0 Å². The summed E-state index contributed by atoms with van der Waals surface area (Å²) < 4.78 is 13.6. The van der Waals surface area contributed by atoms with Crippen LogP contribution in [0.3, 0.4) is 0 Å². The van der Waals surface area contributed by atoms with E-state index in [-0.39, 0.29) is 0 Å². The molecule has 3 nitrogen and oxygen atoms in total. The first-order valence-electron chi connectivity index (χ1n) is 17.3. The largest absolute Gasteiger partial charge is 0.449 e. The highest BCUT2D eigenvalue weighted by Gasteiger charge is 2.47. The summed E-state index contributed by atoms with van der Waals surface area (Å²) in [6.07, 6.45) is 1.88. The third-order valence-electron chi connectivity index (χ3n) is 10.3. The second-order valence-corrected chi connectivity index (χ2v) is 13.1. The summed E-state index contributed by atoms with van der Waals surface area (Å²) in [5, 5.41) is 0. The number of aromatic nitrogens is 1. The molecule has 0 atom stereocenters. The fraction of sp³-hybridized carbons (Fsp3) is 0.0208. The van der Waals surface area contributed by atoms with Gasteiger partial charge in [-0.15, -0.1) is 0 Å². The number of para-hydroxylation sites is 1. The Morgan fingerprint density at radius 2 is 1.00 bits per heavy atom.